The van der Waals surface area contributed by atoms with Gasteiger partial charge in [-0.25, -0.2) is 9.97 Å². The molecule has 4 atom stereocenters. The van der Waals surface area contributed by atoms with Gasteiger partial charge in [-0.3, -0.25) is 4.79 Å². The van der Waals surface area contributed by atoms with E-state index in [-0.39, 0.29) is 23.3 Å². The number of nitrogens with zero attached hydrogens (tertiary/aromatic N) is 2. The summed E-state index contributed by atoms with van der Waals surface area (Å²) in [4.78, 5) is 21.3. The van der Waals surface area contributed by atoms with Gasteiger partial charge in [-0.2, -0.15) is 0 Å². The molecule has 0 unspecified atom stereocenters. The van der Waals surface area contributed by atoms with Gasteiger partial charge < -0.3 is 19.9 Å². The molecule has 0 bridgehead atoms. The lowest BCUT2D eigenvalue weighted by molar-refractivity contribution is 0.100. The quantitative estimate of drug-likeness (QED) is 0.502. The number of anilines is 1. The first kappa shape index (κ1) is 21.5. The number of aliphatic hydroxyl groups excluding tert-OH is 1. The fraction of sp³-hybridized carbons (Fsp3) is 0.304. The van der Waals surface area contributed by atoms with Crippen molar-refractivity contribution in [3.63, 3.8) is 0 Å². The average molecular weight is 441 g/mol. The van der Waals surface area contributed by atoms with Gasteiger partial charge in [-0.15, -0.1) is 0 Å². The molecule has 0 amide bonds. The number of carbonyl (C=O) groups excluding carboxylic acids is 1. The van der Waals surface area contributed by atoms with Crippen LogP contribution in [0.5, 0.6) is 0 Å². The van der Waals surface area contributed by atoms with Crippen LogP contribution in [0.3, 0.4) is 0 Å². The van der Waals surface area contributed by atoms with Crippen LogP contribution in [-0.4, -0.2) is 38.1 Å². The first-order valence-electron chi connectivity index (χ1n) is 9.95. The van der Waals surface area contributed by atoms with Gasteiger partial charge in [0, 0.05) is 22.8 Å². The van der Waals surface area contributed by atoms with Gasteiger partial charge in [0.15, 0.2) is 5.76 Å². The highest BCUT2D eigenvalue weighted by atomic mass is 35.5. The maximum absolute atomic E-state index is 13.1. The lowest BCUT2D eigenvalue weighted by Gasteiger charge is -2.22. The number of nitrogens with one attached hydrogen (secondary N) is 1. The molecular formula is C23H23ClN3O4. The Morgan fingerprint density at radius 3 is 2.84 bits per heavy atom. The lowest BCUT2D eigenvalue weighted by atomic mass is 9.90. The van der Waals surface area contributed by atoms with Crippen molar-refractivity contribution in [3.05, 3.63) is 83.5 Å². The molecule has 1 aromatic carbocycles. The normalized spacial score (nSPS) is 22.8. The van der Waals surface area contributed by atoms with Crippen LogP contribution < -0.4 is 5.32 Å². The minimum Gasteiger partial charge on any atom is -0.460 e. The highest BCUT2D eigenvalue weighted by Crippen LogP contribution is 2.33. The molecule has 2 aromatic heterocycles. The highest BCUT2D eigenvalue weighted by molar-refractivity contribution is 6.30. The Kier molecular flexibility index (Phi) is 5.83. The van der Waals surface area contributed by atoms with Gasteiger partial charge in [0.05, 0.1) is 17.9 Å². The summed E-state index contributed by atoms with van der Waals surface area (Å²) in [5.41, 5.74) is -0.159. The third-order valence-corrected chi connectivity index (χ3v) is 5.96. The lowest BCUT2D eigenvalue weighted by Crippen LogP contribution is -2.22. The second-order valence-corrected chi connectivity index (χ2v) is 8.47. The second-order valence-electron chi connectivity index (χ2n) is 8.04. The Balaban J connectivity index is 1.58. The van der Waals surface area contributed by atoms with E-state index in [0.717, 1.165) is 0 Å². The molecule has 0 aliphatic heterocycles. The molecule has 4 rings (SSSR count). The standard InChI is InChI=1S/C23H23ClN3O4/c1-13-6-17(9-19(13)28)27-22-18(10-25-12-26-22)21(29)20-8-15(11-31-20)23(2,30)14-4-3-5-16(24)7-14/h3-5,7-8,10-13,17,19,28,30H,1,6,9H2,2H3,(H,25,26,27)/t13-,17-,19+,23-/m1/s1. The molecule has 1 aliphatic rings. The molecule has 3 aromatic rings. The maximum Gasteiger partial charge on any atom is 0.233 e. The van der Waals surface area contributed by atoms with Crippen molar-refractivity contribution in [2.24, 2.45) is 5.92 Å². The van der Waals surface area contributed by atoms with Crippen molar-refractivity contribution < 1.29 is 19.4 Å². The van der Waals surface area contributed by atoms with E-state index in [1.165, 1.54) is 24.9 Å². The Morgan fingerprint density at radius 2 is 2.13 bits per heavy atom. The Labute approximate surface area is 185 Å². The number of carbonyl (C=O) groups is 1. The maximum atomic E-state index is 13.1. The molecule has 1 aliphatic carbocycles. The van der Waals surface area contributed by atoms with Gasteiger partial charge in [-0.1, -0.05) is 23.7 Å². The van der Waals surface area contributed by atoms with Crippen molar-refractivity contribution in [2.45, 2.75) is 37.5 Å². The summed E-state index contributed by atoms with van der Waals surface area (Å²) in [7, 11) is 0. The van der Waals surface area contributed by atoms with E-state index in [4.69, 9.17) is 16.0 Å². The van der Waals surface area contributed by atoms with Crippen LogP contribution >= 0.6 is 11.6 Å². The number of halogens is 1. The van der Waals surface area contributed by atoms with Gasteiger partial charge in [-0.05, 0) is 56.4 Å². The van der Waals surface area contributed by atoms with Gasteiger partial charge in [0.1, 0.15) is 17.7 Å². The van der Waals surface area contributed by atoms with Gasteiger partial charge in [0.25, 0.3) is 0 Å². The van der Waals surface area contributed by atoms with Crippen LogP contribution in [0.15, 0.2) is 53.5 Å². The number of hydrogen-bond acceptors (Lipinski definition) is 7. The largest absolute Gasteiger partial charge is 0.460 e. The molecular weight excluding hydrogens is 418 g/mol. The summed E-state index contributed by atoms with van der Waals surface area (Å²) >= 11 is 6.05. The number of benzene rings is 1. The Bertz CT molecular complexity index is 1090. The Morgan fingerprint density at radius 1 is 1.32 bits per heavy atom. The van der Waals surface area contributed by atoms with Crippen LogP contribution in [0.4, 0.5) is 5.82 Å². The molecule has 0 spiro atoms. The molecule has 1 saturated carbocycles. The zero-order valence-corrected chi connectivity index (χ0v) is 17.7. The fourth-order valence-electron chi connectivity index (χ4n) is 3.83. The summed E-state index contributed by atoms with van der Waals surface area (Å²) in [5, 5.41) is 24.7. The van der Waals surface area contributed by atoms with E-state index in [1.54, 1.807) is 31.2 Å². The smallest absolute Gasteiger partial charge is 0.233 e. The summed E-state index contributed by atoms with van der Waals surface area (Å²) < 4.78 is 5.50. The molecule has 1 fully saturated rings. The van der Waals surface area contributed by atoms with Crippen molar-refractivity contribution >= 4 is 23.2 Å². The van der Waals surface area contributed by atoms with E-state index >= 15 is 0 Å². The molecule has 3 N–H and O–H groups in total. The van der Waals surface area contributed by atoms with E-state index in [1.807, 2.05) is 0 Å². The SMILES string of the molecule is [CH2][C@@H]1C[C@@H](Nc2ncncc2C(=O)c2cc([C@](C)(O)c3cccc(Cl)c3)co2)C[C@@H]1O. The summed E-state index contributed by atoms with van der Waals surface area (Å²) in [6, 6.07) is 8.33. The molecule has 1 radical (unpaired) electrons. The molecule has 161 valence electrons. The summed E-state index contributed by atoms with van der Waals surface area (Å²) in [6.07, 6.45) is 4.84. The summed E-state index contributed by atoms with van der Waals surface area (Å²) in [6.45, 7) is 5.54. The highest BCUT2D eigenvalue weighted by Gasteiger charge is 2.32. The zero-order chi connectivity index (χ0) is 22.2. The topological polar surface area (TPSA) is 108 Å². The van der Waals surface area contributed by atoms with Crippen LogP contribution in [0, 0.1) is 12.8 Å². The van der Waals surface area contributed by atoms with Gasteiger partial charge >= 0.3 is 0 Å². The number of ketones is 1. The van der Waals surface area contributed by atoms with Crippen LogP contribution in [0.2, 0.25) is 5.02 Å². The number of rotatable bonds is 6. The van der Waals surface area contributed by atoms with E-state index in [2.05, 4.69) is 22.2 Å². The summed E-state index contributed by atoms with van der Waals surface area (Å²) in [5.74, 6) is -0.0664. The third kappa shape index (κ3) is 4.35. The van der Waals surface area contributed by atoms with Crippen molar-refractivity contribution in [3.8, 4) is 0 Å². The monoisotopic (exact) mass is 440 g/mol. The molecule has 0 saturated heterocycles. The van der Waals surface area contributed by atoms with E-state index in [9.17, 15) is 15.0 Å². The third-order valence-electron chi connectivity index (χ3n) is 5.73. The number of aromatic nitrogens is 2. The van der Waals surface area contributed by atoms with E-state index < -0.39 is 17.5 Å². The first-order chi connectivity index (χ1) is 14.8. The number of hydrogen-bond donors (Lipinski definition) is 3. The van der Waals surface area contributed by atoms with Crippen LogP contribution in [0.25, 0.3) is 0 Å². The second kappa shape index (κ2) is 8.42. The fourth-order valence-corrected chi connectivity index (χ4v) is 4.02. The van der Waals surface area contributed by atoms with Crippen molar-refractivity contribution in [1.29, 1.82) is 0 Å². The predicted molar refractivity (Wildman–Crippen MR) is 116 cm³/mol. The van der Waals surface area contributed by atoms with Crippen LogP contribution in [0.1, 0.15) is 47.0 Å². The number of aliphatic hydroxyl groups is 2. The predicted octanol–water partition coefficient (Wildman–Crippen LogP) is 3.60. The van der Waals surface area contributed by atoms with Gasteiger partial charge in [0.2, 0.25) is 5.78 Å². The van der Waals surface area contributed by atoms with E-state index in [0.29, 0.717) is 34.8 Å². The zero-order valence-electron chi connectivity index (χ0n) is 17.0. The van der Waals surface area contributed by atoms with Crippen LogP contribution in [-0.2, 0) is 5.60 Å². The average Bonchev–Trinajstić information content (AvgIpc) is 3.35. The van der Waals surface area contributed by atoms with Crippen molar-refractivity contribution in [1.82, 2.24) is 9.97 Å². The first-order valence-corrected chi connectivity index (χ1v) is 10.3. The minimum atomic E-state index is -1.40. The minimum absolute atomic E-state index is 0.0466. The molecule has 8 heteroatoms. The molecule has 2 heterocycles. The molecule has 7 nitrogen and oxygen atoms in total. The Hall–Kier alpha value is -2.74. The molecule has 31 heavy (non-hydrogen) atoms. The van der Waals surface area contributed by atoms with Crippen molar-refractivity contribution in [2.75, 3.05) is 5.32 Å². The number of furan rings is 1.